The highest BCUT2D eigenvalue weighted by Crippen LogP contribution is 2.36. The first-order chi connectivity index (χ1) is 18.0. The number of hydrogen-bond donors (Lipinski definition) is 1. The van der Waals surface area contributed by atoms with E-state index in [2.05, 4.69) is 43.1 Å². The highest BCUT2D eigenvalue weighted by Gasteiger charge is 2.25. The number of carbonyl (C=O) groups excluding carboxylic acids is 1. The van der Waals surface area contributed by atoms with Gasteiger partial charge in [0.2, 0.25) is 0 Å². The van der Waals surface area contributed by atoms with Crippen molar-refractivity contribution in [3.05, 3.63) is 114 Å². The lowest BCUT2D eigenvalue weighted by atomic mass is 9.82. The fourth-order valence-electron chi connectivity index (χ4n) is 4.48. The fourth-order valence-corrected chi connectivity index (χ4v) is 4.48. The second-order valence-electron chi connectivity index (χ2n) is 9.24. The van der Waals surface area contributed by atoms with Gasteiger partial charge in [-0.1, -0.05) is 93.8 Å². The summed E-state index contributed by atoms with van der Waals surface area (Å²) in [5.41, 5.74) is 4.86. The zero-order chi connectivity index (χ0) is 26.5. The Morgan fingerprint density at radius 2 is 1.62 bits per heavy atom. The summed E-state index contributed by atoms with van der Waals surface area (Å²) in [4.78, 5) is 12.0. The van der Waals surface area contributed by atoms with E-state index in [1.54, 1.807) is 7.11 Å². The minimum atomic E-state index is -0.336. The quantitative estimate of drug-likeness (QED) is 0.138. The second-order valence-corrected chi connectivity index (χ2v) is 9.24. The van der Waals surface area contributed by atoms with Gasteiger partial charge in [0, 0.05) is 11.6 Å². The van der Waals surface area contributed by atoms with E-state index in [0.717, 1.165) is 41.0 Å². The van der Waals surface area contributed by atoms with E-state index in [-0.39, 0.29) is 17.9 Å². The zero-order valence-corrected chi connectivity index (χ0v) is 22.3. The number of anilines is 1. The molecular weight excluding hydrogens is 458 g/mol. The Balaban J connectivity index is 1.96. The molecule has 0 radical (unpaired) electrons. The number of benzene rings is 3. The van der Waals surface area contributed by atoms with Crippen molar-refractivity contribution in [1.82, 2.24) is 0 Å². The maximum atomic E-state index is 12.0. The molecule has 3 aromatic rings. The standard InChI is InChI=1S/C33H39NO3/c1-5-6-7-11-14-31(25(2)15-16-26-12-9-8-10-13-26)32(34-29-21-23-30(36-3)24-22-29)27-17-19-28(20-18-27)33(35)37-4/h8-10,12-13,15-24,31-32,34H,2,5-7,11,14H2,1,3-4H3/b16-15+. The molecule has 2 unspecified atom stereocenters. The minimum absolute atomic E-state index is 0.0327. The number of methoxy groups -OCH3 is 2. The Hall–Kier alpha value is -3.79. The summed E-state index contributed by atoms with van der Waals surface area (Å²) in [6, 6.07) is 25.9. The number of allylic oxidation sites excluding steroid dienone is 1. The molecule has 0 amide bonds. The van der Waals surface area contributed by atoms with Crippen molar-refractivity contribution in [2.45, 2.75) is 45.1 Å². The summed E-state index contributed by atoms with van der Waals surface area (Å²) >= 11 is 0. The molecule has 37 heavy (non-hydrogen) atoms. The molecule has 1 N–H and O–H groups in total. The van der Waals surface area contributed by atoms with E-state index in [1.807, 2.05) is 66.7 Å². The van der Waals surface area contributed by atoms with Crippen LogP contribution >= 0.6 is 0 Å². The van der Waals surface area contributed by atoms with Gasteiger partial charge in [0.25, 0.3) is 0 Å². The van der Waals surface area contributed by atoms with E-state index in [0.29, 0.717) is 5.56 Å². The van der Waals surface area contributed by atoms with Gasteiger partial charge >= 0.3 is 5.97 Å². The molecule has 0 aliphatic carbocycles. The SMILES string of the molecule is C=C(/C=C/c1ccccc1)C(CCCCCC)C(Nc1ccc(OC)cc1)c1ccc(C(=O)OC)cc1. The largest absolute Gasteiger partial charge is 0.497 e. The Morgan fingerprint density at radius 3 is 2.24 bits per heavy atom. The third kappa shape index (κ3) is 8.38. The highest BCUT2D eigenvalue weighted by molar-refractivity contribution is 5.89. The van der Waals surface area contributed by atoms with Crippen LogP contribution in [0.4, 0.5) is 5.69 Å². The van der Waals surface area contributed by atoms with Crippen molar-refractivity contribution in [1.29, 1.82) is 0 Å². The van der Waals surface area contributed by atoms with Crippen LogP contribution in [0.5, 0.6) is 5.75 Å². The molecule has 3 aromatic carbocycles. The number of hydrogen-bond acceptors (Lipinski definition) is 4. The maximum absolute atomic E-state index is 12.0. The van der Waals surface area contributed by atoms with Gasteiger partial charge in [-0.25, -0.2) is 4.79 Å². The predicted octanol–water partition coefficient (Wildman–Crippen LogP) is 8.49. The summed E-state index contributed by atoms with van der Waals surface area (Å²) in [5, 5.41) is 3.76. The molecule has 2 atom stereocenters. The van der Waals surface area contributed by atoms with Crippen molar-refractivity contribution >= 4 is 17.7 Å². The van der Waals surface area contributed by atoms with E-state index >= 15 is 0 Å². The number of esters is 1. The van der Waals surface area contributed by atoms with Crippen molar-refractivity contribution < 1.29 is 14.3 Å². The molecule has 0 heterocycles. The minimum Gasteiger partial charge on any atom is -0.497 e. The first-order valence-corrected chi connectivity index (χ1v) is 13.1. The summed E-state index contributed by atoms with van der Waals surface area (Å²) in [6.45, 7) is 6.75. The lowest BCUT2D eigenvalue weighted by Gasteiger charge is -2.30. The lowest BCUT2D eigenvalue weighted by molar-refractivity contribution is 0.0600. The van der Waals surface area contributed by atoms with Crippen LogP contribution in [0.1, 0.15) is 66.6 Å². The second kappa shape index (κ2) is 14.7. The van der Waals surface area contributed by atoms with Gasteiger partial charge in [0.05, 0.1) is 25.8 Å². The molecule has 4 heteroatoms. The number of nitrogens with one attached hydrogen (secondary N) is 1. The van der Waals surface area contributed by atoms with Crippen molar-refractivity contribution in [3.8, 4) is 5.75 Å². The maximum Gasteiger partial charge on any atom is 0.337 e. The summed E-state index contributed by atoms with van der Waals surface area (Å²) < 4.78 is 10.2. The summed E-state index contributed by atoms with van der Waals surface area (Å²) in [5.74, 6) is 0.635. The van der Waals surface area contributed by atoms with Crippen LogP contribution in [0.25, 0.3) is 6.08 Å². The molecule has 3 rings (SSSR count). The first kappa shape index (κ1) is 27.8. The van der Waals surface area contributed by atoms with Crippen molar-refractivity contribution in [2.24, 2.45) is 5.92 Å². The zero-order valence-electron chi connectivity index (χ0n) is 22.3. The average Bonchev–Trinajstić information content (AvgIpc) is 2.95. The van der Waals surface area contributed by atoms with E-state index in [4.69, 9.17) is 9.47 Å². The van der Waals surface area contributed by atoms with E-state index < -0.39 is 0 Å². The predicted molar refractivity (Wildman–Crippen MR) is 154 cm³/mol. The molecule has 0 aromatic heterocycles. The molecule has 0 saturated heterocycles. The molecule has 0 spiro atoms. The number of carbonyl (C=O) groups is 1. The third-order valence-electron chi connectivity index (χ3n) is 6.64. The molecule has 0 aliphatic rings. The average molecular weight is 498 g/mol. The van der Waals surface area contributed by atoms with Gasteiger partial charge in [-0.3, -0.25) is 0 Å². The Kier molecular flexibility index (Phi) is 11.0. The van der Waals surface area contributed by atoms with Crippen LogP contribution in [0.3, 0.4) is 0 Å². The Bertz CT molecular complexity index is 1130. The molecule has 0 saturated carbocycles. The number of rotatable bonds is 14. The molecule has 0 aliphatic heterocycles. The van der Waals surface area contributed by atoms with Crippen LogP contribution < -0.4 is 10.1 Å². The number of ether oxygens (including phenoxy) is 2. The van der Waals surface area contributed by atoms with Gasteiger partial charge in [0.15, 0.2) is 0 Å². The van der Waals surface area contributed by atoms with Crippen LogP contribution in [0, 0.1) is 5.92 Å². The topological polar surface area (TPSA) is 47.6 Å². The molecule has 0 bridgehead atoms. The van der Waals surface area contributed by atoms with Crippen molar-refractivity contribution in [3.63, 3.8) is 0 Å². The number of unbranched alkanes of at least 4 members (excludes halogenated alkanes) is 3. The van der Waals surface area contributed by atoms with Gasteiger partial charge in [-0.05, 0) is 59.5 Å². The summed E-state index contributed by atoms with van der Waals surface area (Å²) in [6.07, 6.45) is 10.0. The van der Waals surface area contributed by atoms with E-state index in [9.17, 15) is 4.79 Å². The third-order valence-corrected chi connectivity index (χ3v) is 6.64. The van der Waals surface area contributed by atoms with Gasteiger partial charge in [0.1, 0.15) is 5.75 Å². The van der Waals surface area contributed by atoms with Crippen LogP contribution in [-0.4, -0.2) is 20.2 Å². The van der Waals surface area contributed by atoms with Crippen LogP contribution in [-0.2, 0) is 4.74 Å². The molecule has 194 valence electrons. The lowest BCUT2D eigenvalue weighted by Crippen LogP contribution is -2.22. The van der Waals surface area contributed by atoms with Gasteiger partial charge in [-0.15, -0.1) is 0 Å². The Labute approximate surface area is 222 Å². The smallest absolute Gasteiger partial charge is 0.337 e. The van der Waals surface area contributed by atoms with Gasteiger partial charge < -0.3 is 14.8 Å². The summed E-state index contributed by atoms with van der Waals surface area (Å²) in [7, 11) is 3.07. The van der Waals surface area contributed by atoms with Crippen LogP contribution in [0.15, 0.2) is 97.1 Å². The fraction of sp³-hybridized carbons (Fsp3) is 0.303. The van der Waals surface area contributed by atoms with E-state index in [1.165, 1.54) is 26.4 Å². The molecular formula is C33H39NO3. The monoisotopic (exact) mass is 497 g/mol. The normalized spacial score (nSPS) is 12.6. The van der Waals surface area contributed by atoms with Crippen molar-refractivity contribution in [2.75, 3.05) is 19.5 Å². The van der Waals surface area contributed by atoms with Crippen LogP contribution in [0.2, 0.25) is 0 Å². The first-order valence-electron chi connectivity index (χ1n) is 13.1. The Morgan fingerprint density at radius 1 is 0.919 bits per heavy atom. The molecule has 0 fully saturated rings. The molecule has 4 nitrogen and oxygen atoms in total. The van der Waals surface area contributed by atoms with Gasteiger partial charge in [-0.2, -0.15) is 0 Å². The highest BCUT2D eigenvalue weighted by atomic mass is 16.5.